The molecule has 0 fully saturated rings. The van der Waals surface area contributed by atoms with Gasteiger partial charge in [0.1, 0.15) is 28.7 Å². The van der Waals surface area contributed by atoms with Crippen molar-refractivity contribution in [2.24, 2.45) is 0 Å². The Hall–Kier alpha value is -3.09. The fraction of sp³-hybridized carbons (Fsp3) is 0.269. The number of benzene rings is 2. The highest BCUT2D eigenvalue weighted by molar-refractivity contribution is 6.06. The molecule has 0 saturated carbocycles. The molecule has 2 heterocycles. The van der Waals surface area contributed by atoms with Crippen LogP contribution in [0.25, 0.3) is 11.0 Å². The van der Waals surface area contributed by atoms with Gasteiger partial charge in [-0.3, -0.25) is 9.69 Å². The standard InChI is InChI=1S/C26H27FN2O3.ClH/c1-16-13-19(27)6-9-22(16)26(30)28-20-7-10-25-24(14-20)23(18(3)32-25)11-12-29(4)15-21-8-5-17(2)31-21;/h5-10,13-14H,11-12,15H2,1-4H3,(H,28,30);1H. The van der Waals surface area contributed by atoms with E-state index >= 15 is 0 Å². The maximum Gasteiger partial charge on any atom is 0.255 e. The van der Waals surface area contributed by atoms with Crippen LogP contribution in [0.3, 0.4) is 0 Å². The minimum absolute atomic E-state index is 0. The summed E-state index contributed by atoms with van der Waals surface area (Å²) in [6, 6.07) is 13.8. The van der Waals surface area contributed by atoms with Gasteiger partial charge in [-0.15, -0.1) is 12.4 Å². The number of hydrogen-bond acceptors (Lipinski definition) is 4. The third kappa shape index (κ3) is 5.64. The lowest BCUT2D eigenvalue weighted by molar-refractivity contribution is 0.102. The number of likely N-dealkylation sites (N-methyl/N-ethyl adjacent to an activating group) is 1. The van der Waals surface area contributed by atoms with Gasteiger partial charge in [-0.2, -0.15) is 0 Å². The summed E-state index contributed by atoms with van der Waals surface area (Å²) in [5.41, 5.74) is 3.63. The van der Waals surface area contributed by atoms with E-state index in [1.54, 1.807) is 6.92 Å². The van der Waals surface area contributed by atoms with Crippen LogP contribution >= 0.6 is 12.4 Å². The van der Waals surface area contributed by atoms with Gasteiger partial charge in [0.25, 0.3) is 5.91 Å². The molecule has 1 N–H and O–H groups in total. The Bertz CT molecular complexity index is 1280. The Kier molecular flexibility index (Phi) is 7.61. The largest absolute Gasteiger partial charge is 0.465 e. The van der Waals surface area contributed by atoms with E-state index in [4.69, 9.17) is 8.83 Å². The molecule has 0 atom stereocenters. The minimum atomic E-state index is -0.355. The van der Waals surface area contributed by atoms with E-state index < -0.39 is 0 Å². The van der Waals surface area contributed by atoms with Gasteiger partial charge in [0.2, 0.25) is 0 Å². The number of amides is 1. The van der Waals surface area contributed by atoms with Crippen molar-refractivity contribution in [1.82, 2.24) is 4.90 Å². The molecule has 33 heavy (non-hydrogen) atoms. The number of halogens is 2. The number of nitrogens with zero attached hydrogens (tertiary/aromatic N) is 1. The van der Waals surface area contributed by atoms with Crippen LogP contribution in [0, 0.1) is 26.6 Å². The predicted octanol–water partition coefficient (Wildman–Crippen LogP) is 6.44. The van der Waals surface area contributed by atoms with Crippen LogP contribution in [0.4, 0.5) is 10.1 Å². The highest BCUT2D eigenvalue weighted by Crippen LogP contribution is 2.29. The third-order valence-electron chi connectivity index (χ3n) is 5.65. The molecule has 174 valence electrons. The molecule has 0 unspecified atom stereocenters. The van der Waals surface area contributed by atoms with Crippen molar-refractivity contribution in [1.29, 1.82) is 0 Å². The van der Waals surface area contributed by atoms with Gasteiger partial charge in [-0.05, 0) is 88.3 Å². The summed E-state index contributed by atoms with van der Waals surface area (Å²) in [7, 11) is 2.06. The third-order valence-corrected chi connectivity index (χ3v) is 5.65. The fourth-order valence-electron chi connectivity index (χ4n) is 3.96. The van der Waals surface area contributed by atoms with Crippen LogP contribution in [0.15, 0.2) is 57.4 Å². The van der Waals surface area contributed by atoms with Gasteiger partial charge in [0, 0.05) is 28.7 Å². The predicted molar refractivity (Wildman–Crippen MR) is 131 cm³/mol. The summed E-state index contributed by atoms with van der Waals surface area (Å²) in [5, 5.41) is 3.91. The first-order chi connectivity index (χ1) is 15.3. The molecule has 0 aliphatic heterocycles. The van der Waals surface area contributed by atoms with E-state index in [1.807, 2.05) is 44.2 Å². The first kappa shape index (κ1) is 24.6. The molecule has 0 saturated heterocycles. The molecule has 4 rings (SSSR count). The molecule has 5 nitrogen and oxygen atoms in total. The van der Waals surface area contributed by atoms with Gasteiger partial charge >= 0.3 is 0 Å². The second-order valence-corrected chi connectivity index (χ2v) is 8.26. The lowest BCUT2D eigenvalue weighted by atomic mass is 10.1. The molecule has 0 bridgehead atoms. The summed E-state index contributed by atoms with van der Waals surface area (Å²) in [6.07, 6.45) is 0.809. The van der Waals surface area contributed by atoms with Gasteiger partial charge < -0.3 is 14.2 Å². The molecular formula is C26H28ClFN2O3. The number of fused-ring (bicyclic) bond motifs is 1. The molecule has 0 aliphatic carbocycles. The summed E-state index contributed by atoms with van der Waals surface area (Å²) in [5.74, 6) is 2.11. The Morgan fingerprint density at radius 1 is 1.03 bits per heavy atom. The van der Waals surface area contributed by atoms with Crippen molar-refractivity contribution in [2.45, 2.75) is 33.7 Å². The highest BCUT2D eigenvalue weighted by atomic mass is 35.5. The maximum atomic E-state index is 13.4. The van der Waals surface area contributed by atoms with Crippen LogP contribution in [-0.2, 0) is 13.0 Å². The summed E-state index contributed by atoms with van der Waals surface area (Å²) in [4.78, 5) is 14.9. The van der Waals surface area contributed by atoms with Crippen molar-refractivity contribution < 1.29 is 18.0 Å². The Morgan fingerprint density at radius 3 is 2.52 bits per heavy atom. The van der Waals surface area contributed by atoms with E-state index in [9.17, 15) is 9.18 Å². The van der Waals surface area contributed by atoms with E-state index in [-0.39, 0.29) is 24.1 Å². The average Bonchev–Trinajstić information content (AvgIpc) is 3.27. The van der Waals surface area contributed by atoms with Crippen molar-refractivity contribution >= 4 is 35.0 Å². The van der Waals surface area contributed by atoms with E-state index in [2.05, 4.69) is 17.3 Å². The second-order valence-electron chi connectivity index (χ2n) is 8.26. The number of carbonyl (C=O) groups is 1. The topological polar surface area (TPSA) is 58.6 Å². The minimum Gasteiger partial charge on any atom is -0.465 e. The summed E-state index contributed by atoms with van der Waals surface area (Å²) in [6.45, 7) is 7.20. The molecule has 0 radical (unpaired) electrons. The molecule has 1 amide bonds. The second kappa shape index (κ2) is 10.2. The van der Waals surface area contributed by atoms with Crippen LogP contribution in [-0.4, -0.2) is 24.4 Å². The van der Waals surface area contributed by atoms with E-state index in [0.717, 1.165) is 53.3 Å². The Labute approximate surface area is 199 Å². The molecule has 2 aromatic carbocycles. The number of aryl methyl sites for hydroxylation is 3. The molecule has 0 spiro atoms. The maximum absolute atomic E-state index is 13.4. The zero-order valence-corrected chi connectivity index (χ0v) is 20.0. The van der Waals surface area contributed by atoms with Gasteiger partial charge in [0.15, 0.2) is 0 Å². The van der Waals surface area contributed by atoms with Gasteiger partial charge in [-0.25, -0.2) is 4.39 Å². The number of hydrogen-bond donors (Lipinski definition) is 1. The first-order valence-electron chi connectivity index (χ1n) is 10.6. The zero-order chi connectivity index (χ0) is 22.8. The Balaban J connectivity index is 0.00000306. The summed E-state index contributed by atoms with van der Waals surface area (Å²) < 4.78 is 25.0. The number of furan rings is 2. The van der Waals surface area contributed by atoms with E-state index in [1.165, 1.54) is 18.2 Å². The van der Waals surface area contributed by atoms with Crippen molar-refractivity contribution in [3.05, 3.63) is 88.3 Å². The SMILES string of the molecule is Cc1ccc(CN(C)CCc2c(C)oc3ccc(NC(=O)c4ccc(F)cc4C)cc23)o1.Cl. The lowest BCUT2D eigenvalue weighted by Crippen LogP contribution is -2.20. The molecule has 2 aromatic heterocycles. The molecule has 0 aliphatic rings. The fourth-order valence-corrected chi connectivity index (χ4v) is 3.96. The first-order valence-corrected chi connectivity index (χ1v) is 10.6. The van der Waals surface area contributed by atoms with Crippen molar-refractivity contribution in [2.75, 3.05) is 18.9 Å². The van der Waals surface area contributed by atoms with E-state index in [0.29, 0.717) is 16.8 Å². The normalized spacial score (nSPS) is 11.1. The van der Waals surface area contributed by atoms with Crippen LogP contribution in [0.2, 0.25) is 0 Å². The monoisotopic (exact) mass is 470 g/mol. The quantitative estimate of drug-likeness (QED) is 0.337. The van der Waals surface area contributed by atoms with Crippen molar-refractivity contribution in [3.63, 3.8) is 0 Å². The molecular weight excluding hydrogens is 443 g/mol. The zero-order valence-electron chi connectivity index (χ0n) is 19.2. The van der Waals surface area contributed by atoms with Gasteiger partial charge in [-0.1, -0.05) is 0 Å². The van der Waals surface area contributed by atoms with Crippen molar-refractivity contribution in [3.8, 4) is 0 Å². The highest BCUT2D eigenvalue weighted by Gasteiger charge is 2.15. The molecule has 4 aromatic rings. The van der Waals surface area contributed by atoms with Crippen LogP contribution in [0.5, 0.6) is 0 Å². The van der Waals surface area contributed by atoms with Crippen LogP contribution < -0.4 is 5.32 Å². The molecule has 7 heteroatoms. The lowest BCUT2D eigenvalue weighted by Gasteiger charge is -2.15. The average molecular weight is 471 g/mol. The van der Waals surface area contributed by atoms with Crippen LogP contribution in [0.1, 0.15) is 38.8 Å². The number of anilines is 1. The summed E-state index contributed by atoms with van der Waals surface area (Å²) >= 11 is 0. The number of nitrogens with one attached hydrogen (secondary N) is 1. The number of rotatable bonds is 7. The van der Waals surface area contributed by atoms with Gasteiger partial charge in [0.05, 0.1) is 6.54 Å². The smallest absolute Gasteiger partial charge is 0.255 e. The number of carbonyl (C=O) groups excluding carboxylic acids is 1. The Morgan fingerprint density at radius 2 is 1.82 bits per heavy atom.